The molecule has 2 amide bonds. The Morgan fingerprint density at radius 2 is 1.96 bits per heavy atom. The second-order valence-corrected chi connectivity index (χ2v) is 7.51. The monoisotopic (exact) mass is 393 g/mol. The zero-order valence-electron chi connectivity index (χ0n) is 15.7. The fourth-order valence-corrected chi connectivity index (χ4v) is 2.72. The summed E-state index contributed by atoms with van der Waals surface area (Å²) in [6.07, 6.45) is 0.959. The SMILES string of the molecule is CC(C)(C)OC(=O)N1CC(NC(=O)c2cnc3cc(OC(F)F)ccc3c2)C1. The van der Waals surface area contributed by atoms with Crippen molar-refractivity contribution in [2.45, 2.75) is 39.0 Å². The zero-order chi connectivity index (χ0) is 20.5. The number of carbonyl (C=O) groups excluding carboxylic acids is 2. The number of hydrogen-bond acceptors (Lipinski definition) is 5. The van der Waals surface area contributed by atoms with Gasteiger partial charge in [-0.05, 0) is 39.0 Å². The van der Waals surface area contributed by atoms with E-state index in [4.69, 9.17) is 4.74 Å². The van der Waals surface area contributed by atoms with Crippen LogP contribution in [0, 0.1) is 0 Å². The van der Waals surface area contributed by atoms with Crippen molar-refractivity contribution in [3.05, 3.63) is 36.0 Å². The Balaban J connectivity index is 1.58. The molecule has 1 aromatic heterocycles. The quantitative estimate of drug-likeness (QED) is 0.863. The highest BCUT2D eigenvalue weighted by molar-refractivity contribution is 5.97. The summed E-state index contributed by atoms with van der Waals surface area (Å²) < 4.78 is 34.2. The van der Waals surface area contributed by atoms with Gasteiger partial charge in [-0.25, -0.2) is 4.79 Å². The molecule has 0 saturated carbocycles. The van der Waals surface area contributed by atoms with E-state index in [1.54, 1.807) is 32.9 Å². The molecule has 150 valence electrons. The minimum Gasteiger partial charge on any atom is -0.444 e. The normalized spacial score (nSPS) is 14.7. The van der Waals surface area contributed by atoms with Gasteiger partial charge in [-0.2, -0.15) is 8.78 Å². The summed E-state index contributed by atoms with van der Waals surface area (Å²) in [5.41, 5.74) is 0.211. The van der Waals surface area contributed by atoms with E-state index in [-0.39, 0.29) is 17.7 Å². The van der Waals surface area contributed by atoms with Crippen LogP contribution in [0.25, 0.3) is 10.9 Å². The van der Waals surface area contributed by atoms with Gasteiger partial charge in [0, 0.05) is 30.7 Å². The molecule has 2 heterocycles. The third kappa shape index (κ3) is 4.85. The molecule has 1 fully saturated rings. The number of ether oxygens (including phenoxy) is 2. The van der Waals surface area contributed by atoms with Gasteiger partial charge in [0.15, 0.2) is 0 Å². The maximum atomic E-state index is 12.4. The number of rotatable bonds is 4. The highest BCUT2D eigenvalue weighted by Crippen LogP contribution is 2.22. The predicted molar refractivity (Wildman–Crippen MR) is 97.4 cm³/mol. The molecule has 1 aliphatic rings. The predicted octanol–water partition coefficient (Wildman–Crippen LogP) is 3.19. The standard InChI is InChI=1S/C19H21F2N3O4/c1-19(2,3)28-18(26)24-9-13(10-24)23-16(25)12-6-11-4-5-14(27-17(20)21)7-15(11)22-8-12/h4-8,13,17H,9-10H2,1-3H3,(H,23,25). The number of hydrogen-bond donors (Lipinski definition) is 1. The lowest BCUT2D eigenvalue weighted by atomic mass is 10.1. The second-order valence-electron chi connectivity index (χ2n) is 7.51. The molecule has 0 unspecified atom stereocenters. The zero-order valence-corrected chi connectivity index (χ0v) is 15.7. The number of alkyl halides is 2. The smallest absolute Gasteiger partial charge is 0.410 e. The number of nitrogens with one attached hydrogen (secondary N) is 1. The van der Waals surface area contributed by atoms with Crippen LogP contribution in [-0.2, 0) is 4.74 Å². The first-order chi connectivity index (χ1) is 13.1. The summed E-state index contributed by atoms with van der Waals surface area (Å²) in [4.78, 5) is 30.0. The maximum absolute atomic E-state index is 12.4. The summed E-state index contributed by atoms with van der Waals surface area (Å²) >= 11 is 0. The molecule has 28 heavy (non-hydrogen) atoms. The molecule has 0 bridgehead atoms. The Labute approximate surface area is 160 Å². The highest BCUT2D eigenvalue weighted by Gasteiger charge is 2.34. The van der Waals surface area contributed by atoms with Crippen LogP contribution in [0.3, 0.4) is 0 Å². The van der Waals surface area contributed by atoms with Crippen LogP contribution in [-0.4, -0.2) is 53.2 Å². The van der Waals surface area contributed by atoms with Gasteiger partial charge in [-0.3, -0.25) is 9.78 Å². The van der Waals surface area contributed by atoms with Crippen LogP contribution >= 0.6 is 0 Å². The summed E-state index contributed by atoms with van der Waals surface area (Å²) in [6.45, 7) is 3.20. The third-order valence-corrected chi connectivity index (χ3v) is 4.01. The first-order valence-electron chi connectivity index (χ1n) is 8.74. The van der Waals surface area contributed by atoms with E-state index >= 15 is 0 Å². The maximum Gasteiger partial charge on any atom is 0.410 e. The second kappa shape index (κ2) is 7.57. The van der Waals surface area contributed by atoms with Crippen LogP contribution in [0.15, 0.2) is 30.5 Å². The Kier molecular flexibility index (Phi) is 5.35. The van der Waals surface area contributed by atoms with E-state index in [2.05, 4.69) is 15.0 Å². The summed E-state index contributed by atoms with van der Waals surface area (Å²) in [7, 11) is 0. The van der Waals surface area contributed by atoms with E-state index in [1.807, 2.05) is 0 Å². The largest absolute Gasteiger partial charge is 0.444 e. The highest BCUT2D eigenvalue weighted by atomic mass is 19.3. The molecular weight excluding hydrogens is 372 g/mol. The van der Waals surface area contributed by atoms with Crippen LogP contribution in [0.1, 0.15) is 31.1 Å². The number of nitrogens with zero attached hydrogens (tertiary/aromatic N) is 2. The number of carbonyl (C=O) groups is 2. The topological polar surface area (TPSA) is 80.8 Å². The molecule has 0 atom stereocenters. The lowest BCUT2D eigenvalue weighted by molar-refractivity contribution is -0.0497. The van der Waals surface area contributed by atoms with E-state index in [0.717, 1.165) is 0 Å². The summed E-state index contributed by atoms with van der Waals surface area (Å²) in [5.74, 6) is -0.319. The molecule has 2 aromatic rings. The molecule has 1 aromatic carbocycles. The van der Waals surface area contributed by atoms with Crippen molar-refractivity contribution in [2.24, 2.45) is 0 Å². The van der Waals surface area contributed by atoms with Gasteiger partial charge in [-0.1, -0.05) is 0 Å². The molecular formula is C19H21F2N3O4. The first kappa shape index (κ1) is 19.8. The Morgan fingerprint density at radius 1 is 1.25 bits per heavy atom. The molecule has 0 spiro atoms. The lowest BCUT2D eigenvalue weighted by Crippen LogP contribution is -2.61. The average Bonchev–Trinajstić information content (AvgIpc) is 2.54. The Hall–Kier alpha value is -2.97. The van der Waals surface area contributed by atoms with Gasteiger partial charge in [0.05, 0.1) is 17.1 Å². The van der Waals surface area contributed by atoms with Gasteiger partial charge in [-0.15, -0.1) is 0 Å². The molecule has 0 radical (unpaired) electrons. The summed E-state index contributed by atoms with van der Waals surface area (Å²) in [6, 6.07) is 5.78. The molecule has 1 saturated heterocycles. The molecule has 9 heteroatoms. The Morgan fingerprint density at radius 3 is 2.61 bits per heavy atom. The third-order valence-electron chi connectivity index (χ3n) is 4.01. The van der Waals surface area contributed by atoms with Crippen LogP contribution in [0.2, 0.25) is 0 Å². The summed E-state index contributed by atoms with van der Waals surface area (Å²) in [5, 5.41) is 3.45. The molecule has 7 nitrogen and oxygen atoms in total. The van der Waals surface area contributed by atoms with E-state index in [1.165, 1.54) is 23.2 Å². The van der Waals surface area contributed by atoms with Gasteiger partial charge < -0.3 is 19.7 Å². The van der Waals surface area contributed by atoms with Crippen molar-refractivity contribution in [2.75, 3.05) is 13.1 Å². The van der Waals surface area contributed by atoms with Crippen molar-refractivity contribution in [3.8, 4) is 5.75 Å². The number of halogens is 2. The number of benzene rings is 1. The average molecular weight is 393 g/mol. The fraction of sp³-hybridized carbons (Fsp3) is 0.421. The molecule has 1 N–H and O–H groups in total. The van der Waals surface area contributed by atoms with Gasteiger partial charge >= 0.3 is 12.7 Å². The number of pyridine rings is 1. The van der Waals surface area contributed by atoms with Crippen molar-refractivity contribution in [3.63, 3.8) is 0 Å². The van der Waals surface area contributed by atoms with Crippen molar-refractivity contribution < 1.29 is 27.8 Å². The number of amides is 2. The van der Waals surface area contributed by atoms with E-state index in [0.29, 0.717) is 29.6 Å². The number of fused-ring (bicyclic) bond motifs is 1. The minimum atomic E-state index is -2.91. The molecule has 3 rings (SSSR count). The van der Waals surface area contributed by atoms with Crippen LogP contribution < -0.4 is 10.1 Å². The van der Waals surface area contributed by atoms with Crippen molar-refractivity contribution in [1.82, 2.24) is 15.2 Å². The van der Waals surface area contributed by atoms with Crippen LogP contribution in [0.5, 0.6) is 5.75 Å². The van der Waals surface area contributed by atoms with Crippen molar-refractivity contribution >= 4 is 22.9 Å². The van der Waals surface area contributed by atoms with Crippen LogP contribution in [0.4, 0.5) is 13.6 Å². The van der Waals surface area contributed by atoms with Gasteiger partial charge in [0.1, 0.15) is 11.4 Å². The molecule has 1 aliphatic heterocycles. The lowest BCUT2D eigenvalue weighted by Gasteiger charge is -2.39. The van der Waals surface area contributed by atoms with E-state index < -0.39 is 18.3 Å². The Bertz CT molecular complexity index is 892. The number of aromatic nitrogens is 1. The minimum absolute atomic E-state index is 0.00361. The van der Waals surface area contributed by atoms with Gasteiger partial charge in [0.2, 0.25) is 0 Å². The molecule has 0 aliphatic carbocycles. The first-order valence-corrected chi connectivity index (χ1v) is 8.74. The number of likely N-dealkylation sites (tertiary alicyclic amines) is 1. The fourth-order valence-electron chi connectivity index (χ4n) is 2.72. The van der Waals surface area contributed by atoms with Gasteiger partial charge in [0.25, 0.3) is 5.91 Å². The van der Waals surface area contributed by atoms with Crippen molar-refractivity contribution in [1.29, 1.82) is 0 Å². The van der Waals surface area contributed by atoms with E-state index in [9.17, 15) is 18.4 Å².